The van der Waals surface area contributed by atoms with Crippen molar-refractivity contribution in [3.63, 3.8) is 0 Å². The maximum atomic E-state index is 6.37. The van der Waals surface area contributed by atoms with E-state index in [4.69, 9.17) is 16.3 Å². The molecule has 1 N–H and O–H groups in total. The Bertz CT molecular complexity index is 500. The molecule has 0 amide bonds. The monoisotopic (exact) mass is 371 g/mol. The molecule has 4 heteroatoms. The van der Waals surface area contributed by atoms with Crippen LogP contribution in [-0.4, -0.2) is 19.2 Å². The van der Waals surface area contributed by atoms with Crippen molar-refractivity contribution in [2.24, 2.45) is 5.41 Å². The van der Waals surface area contributed by atoms with Crippen molar-refractivity contribution in [2.45, 2.75) is 57.1 Å². The van der Waals surface area contributed by atoms with Gasteiger partial charge in [0.1, 0.15) is 11.9 Å². The molecule has 0 bridgehead atoms. The second-order valence-corrected chi connectivity index (χ2v) is 7.70. The van der Waals surface area contributed by atoms with Crippen molar-refractivity contribution in [3.8, 4) is 5.75 Å². The molecule has 116 valence electrons. The molecule has 0 aromatic heterocycles. The third-order valence-electron chi connectivity index (χ3n) is 5.33. The van der Waals surface area contributed by atoms with Crippen LogP contribution in [0, 0.1) is 5.41 Å². The second kappa shape index (κ2) is 6.47. The van der Waals surface area contributed by atoms with E-state index in [1.165, 1.54) is 38.5 Å². The highest BCUT2D eigenvalue weighted by molar-refractivity contribution is 9.10. The standard InChI is InChI=1S/C17H23BrClNO/c1-20-15-11-16(17(15)8-4-2-3-5-9-17)21-14-7-6-12(19)10-13(14)18/h6-7,10,15-16,20H,2-5,8-9,11H2,1H3. The molecule has 2 aliphatic rings. The zero-order valence-electron chi connectivity index (χ0n) is 12.5. The Hall–Kier alpha value is -0.250. The van der Waals surface area contributed by atoms with Crippen LogP contribution in [0.2, 0.25) is 5.02 Å². The summed E-state index contributed by atoms with van der Waals surface area (Å²) in [6, 6.07) is 6.39. The summed E-state index contributed by atoms with van der Waals surface area (Å²) in [4.78, 5) is 0. The van der Waals surface area contributed by atoms with Gasteiger partial charge in [0.05, 0.1) is 4.47 Å². The first-order chi connectivity index (χ1) is 10.2. The molecule has 1 aromatic carbocycles. The van der Waals surface area contributed by atoms with Crippen molar-refractivity contribution in [2.75, 3.05) is 7.05 Å². The van der Waals surface area contributed by atoms with Crippen LogP contribution in [0.15, 0.2) is 22.7 Å². The van der Waals surface area contributed by atoms with Crippen molar-refractivity contribution >= 4 is 27.5 Å². The first kappa shape index (κ1) is 15.6. The van der Waals surface area contributed by atoms with Gasteiger partial charge in [0.2, 0.25) is 0 Å². The Morgan fingerprint density at radius 2 is 1.95 bits per heavy atom. The number of halogens is 2. The molecule has 2 atom stereocenters. The Balaban J connectivity index is 1.78. The summed E-state index contributed by atoms with van der Waals surface area (Å²) in [5.74, 6) is 0.919. The molecule has 2 aliphatic carbocycles. The number of hydrogen-bond donors (Lipinski definition) is 1. The van der Waals surface area contributed by atoms with E-state index >= 15 is 0 Å². The predicted molar refractivity (Wildman–Crippen MR) is 91.2 cm³/mol. The number of hydrogen-bond acceptors (Lipinski definition) is 2. The van der Waals surface area contributed by atoms with Crippen molar-refractivity contribution in [1.29, 1.82) is 0 Å². The molecule has 1 aromatic rings. The van der Waals surface area contributed by atoms with Gasteiger partial charge >= 0.3 is 0 Å². The van der Waals surface area contributed by atoms with Crippen LogP contribution in [0.3, 0.4) is 0 Å². The Kier molecular flexibility index (Phi) is 4.82. The lowest BCUT2D eigenvalue weighted by atomic mass is 9.58. The Labute approximate surface area is 140 Å². The molecule has 2 fully saturated rings. The van der Waals surface area contributed by atoms with Crippen LogP contribution in [-0.2, 0) is 0 Å². The highest BCUT2D eigenvalue weighted by Crippen LogP contribution is 2.52. The molecule has 0 aliphatic heterocycles. The van der Waals surface area contributed by atoms with Gasteiger partial charge in [0, 0.05) is 22.9 Å². The van der Waals surface area contributed by atoms with E-state index in [2.05, 4.69) is 28.3 Å². The van der Waals surface area contributed by atoms with E-state index in [1.54, 1.807) is 0 Å². The Morgan fingerprint density at radius 3 is 2.57 bits per heavy atom. The largest absolute Gasteiger partial charge is 0.489 e. The summed E-state index contributed by atoms with van der Waals surface area (Å²) in [6.07, 6.45) is 9.41. The average Bonchev–Trinajstić information content (AvgIpc) is 2.72. The summed E-state index contributed by atoms with van der Waals surface area (Å²) in [7, 11) is 2.09. The molecule has 2 unspecified atom stereocenters. The topological polar surface area (TPSA) is 21.3 Å². The molecule has 21 heavy (non-hydrogen) atoms. The smallest absolute Gasteiger partial charge is 0.134 e. The molecule has 1 spiro atoms. The van der Waals surface area contributed by atoms with Gasteiger partial charge < -0.3 is 10.1 Å². The van der Waals surface area contributed by atoms with Gasteiger partial charge in [-0.1, -0.05) is 37.3 Å². The lowest BCUT2D eigenvalue weighted by Gasteiger charge is -2.55. The number of nitrogens with one attached hydrogen (secondary N) is 1. The predicted octanol–water partition coefficient (Wildman–Crippen LogP) is 5.18. The Morgan fingerprint density at radius 1 is 1.24 bits per heavy atom. The fraction of sp³-hybridized carbons (Fsp3) is 0.647. The highest BCUT2D eigenvalue weighted by atomic mass is 79.9. The molecule has 0 saturated heterocycles. The van der Waals surface area contributed by atoms with Gasteiger partial charge in [-0.25, -0.2) is 0 Å². The quantitative estimate of drug-likeness (QED) is 0.789. The molecular weight excluding hydrogens is 350 g/mol. The van der Waals surface area contributed by atoms with E-state index in [1.807, 2.05) is 18.2 Å². The van der Waals surface area contributed by atoms with E-state index in [0.717, 1.165) is 21.7 Å². The maximum absolute atomic E-state index is 6.37. The van der Waals surface area contributed by atoms with Gasteiger partial charge in [0.25, 0.3) is 0 Å². The van der Waals surface area contributed by atoms with E-state index in [-0.39, 0.29) is 0 Å². The van der Waals surface area contributed by atoms with Crippen molar-refractivity contribution in [3.05, 3.63) is 27.7 Å². The first-order valence-corrected chi connectivity index (χ1v) is 9.12. The van der Waals surface area contributed by atoms with E-state index in [9.17, 15) is 0 Å². The van der Waals surface area contributed by atoms with Crippen LogP contribution in [0.5, 0.6) is 5.75 Å². The van der Waals surface area contributed by atoms with Crippen molar-refractivity contribution in [1.82, 2.24) is 5.32 Å². The van der Waals surface area contributed by atoms with Crippen LogP contribution in [0.1, 0.15) is 44.9 Å². The van der Waals surface area contributed by atoms with Crippen LogP contribution < -0.4 is 10.1 Å². The number of rotatable bonds is 3. The highest BCUT2D eigenvalue weighted by Gasteiger charge is 2.55. The van der Waals surface area contributed by atoms with Crippen LogP contribution in [0.4, 0.5) is 0 Å². The first-order valence-electron chi connectivity index (χ1n) is 7.95. The fourth-order valence-electron chi connectivity index (χ4n) is 4.10. The number of benzene rings is 1. The van der Waals surface area contributed by atoms with Gasteiger partial charge in [-0.2, -0.15) is 0 Å². The van der Waals surface area contributed by atoms with Crippen molar-refractivity contribution < 1.29 is 4.74 Å². The van der Waals surface area contributed by atoms with Crippen LogP contribution >= 0.6 is 27.5 Å². The van der Waals surface area contributed by atoms with E-state index in [0.29, 0.717) is 17.6 Å². The second-order valence-electron chi connectivity index (χ2n) is 6.41. The van der Waals surface area contributed by atoms with Gasteiger partial charge in [-0.05, 0) is 54.0 Å². The third kappa shape index (κ3) is 2.97. The van der Waals surface area contributed by atoms with E-state index < -0.39 is 0 Å². The molecular formula is C17H23BrClNO. The maximum Gasteiger partial charge on any atom is 0.134 e. The molecule has 3 rings (SSSR count). The molecule has 2 nitrogen and oxygen atoms in total. The normalized spacial score (nSPS) is 28.0. The summed E-state index contributed by atoms with van der Waals surface area (Å²) in [5.41, 5.74) is 0.324. The van der Waals surface area contributed by atoms with Crippen LogP contribution in [0.25, 0.3) is 0 Å². The minimum atomic E-state index is 0.324. The number of ether oxygens (including phenoxy) is 1. The molecule has 0 radical (unpaired) electrons. The average molecular weight is 373 g/mol. The third-order valence-corrected chi connectivity index (χ3v) is 6.19. The van der Waals surface area contributed by atoms with Gasteiger partial charge in [-0.3, -0.25) is 0 Å². The minimum absolute atomic E-state index is 0.324. The lowest BCUT2D eigenvalue weighted by Crippen LogP contribution is -2.64. The van der Waals surface area contributed by atoms with Gasteiger partial charge in [0.15, 0.2) is 0 Å². The molecule has 0 heterocycles. The fourth-order valence-corrected chi connectivity index (χ4v) is 4.88. The minimum Gasteiger partial charge on any atom is -0.489 e. The zero-order valence-corrected chi connectivity index (χ0v) is 14.8. The summed E-state index contributed by atoms with van der Waals surface area (Å²) in [5, 5.41) is 4.25. The lowest BCUT2D eigenvalue weighted by molar-refractivity contribution is -0.0885. The SMILES string of the molecule is CNC1CC(Oc2ccc(Cl)cc2Br)C12CCCCCC2. The zero-order chi connectivity index (χ0) is 14.9. The summed E-state index contributed by atoms with van der Waals surface area (Å²) in [6.45, 7) is 0. The summed E-state index contributed by atoms with van der Waals surface area (Å²) < 4.78 is 7.32. The summed E-state index contributed by atoms with van der Waals surface area (Å²) >= 11 is 9.58. The van der Waals surface area contributed by atoms with Gasteiger partial charge in [-0.15, -0.1) is 0 Å². The molecule has 2 saturated carbocycles.